The predicted octanol–water partition coefficient (Wildman–Crippen LogP) is 0.161. The highest BCUT2D eigenvalue weighted by atomic mass is 19.1. The first-order chi connectivity index (χ1) is 8.54. The number of hydrogen-bond donors (Lipinski definition) is 3. The first kappa shape index (κ1) is 12.5. The number of nitrogens with one attached hydrogen (secondary N) is 3. The third kappa shape index (κ3) is 3.04. The highest BCUT2D eigenvalue weighted by molar-refractivity contribution is 5.96. The second-order valence-corrected chi connectivity index (χ2v) is 4.24. The molecule has 1 aromatic rings. The van der Waals surface area contributed by atoms with Gasteiger partial charge in [-0.3, -0.25) is 14.9 Å². The summed E-state index contributed by atoms with van der Waals surface area (Å²) in [5.41, 5.74) is 1.14. The maximum absolute atomic E-state index is 13.1. The summed E-state index contributed by atoms with van der Waals surface area (Å²) in [6, 6.07) is 3.83. The van der Waals surface area contributed by atoms with E-state index in [4.69, 9.17) is 0 Å². The standard InChI is InChI=1S/C12H14FN3O2/c1-7-2-8(13)4-9(3-7)16-12(18)10-5-15-11(17)6-14-10/h2-4,10,14H,5-6H2,1H3,(H,15,17)(H,16,18). The van der Waals surface area contributed by atoms with Crippen LogP contribution in [0.1, 0.15) is 5.56 Å². The number of rotatable bonds is 2. The molecule has 0 aromatic heterocycles. The molecular weight excluding hydrogens is 237 g/mol. The van der Waals surface area contributed by atoms with Crippen molar-refractivity contribution < 1.29 is 14.0 Å². The van der Waals surface area contributed by atoms with Crippen molar-refractivity contribution in [3.63, 3.8) is 0 Å². The van der Waals surface area contributed by atoms with E-state index in [9.17, 15) is 14.0 Å². The summed E-state index contributed by atoms with van der Waals surface area (Å²) in [5.74, 6) is -0.823. The molecule has 0 aliphatic carbocycles. The van der Waals surface area contributed by atoms with Crippen molar-refractivity contribution in [2.24, 2.45) is 0 Å². The molecule has 0 radical (unpaired) electrons. The lowest BCUT2D eigenvalue weighted by Crippen LogP contribution is -2.56. The minimum atomic E-state index is -0.494. The van der Waals surface area contributed by atoms with Crippen molar-refractivity contribution in [3.05, 3.63) is 29.6 Å². The zero-order chi connectivity index (χ0) is 13.1. The van der Waals surface area contributed by atoms with E-state index in [1.807, 2.05) is 0 Å². The maximum Gasteiger partial charge on any atom is 0.243 e. The van der Waals surface area contributed by atoms with E-state index in [2.05, 4.69) is 16.0 Å². The smallest absolute Gasteiger partial charge is 0.243 e. The summed E-state index contributed by atoms with van der Waals surface area (Å²) >= 11 is 0. The molecule has 5 nitrogen and oxygen atoms in total. The third-order valence-electron chi connectivity index (χ3n) is 2.64. The molecule has 0 spiro atoms. The predicted molar refractivity (Wildman–Crippen MR) is 64.6 cm³/mol. The molecule has 1 unspecified atom stereocenters. The van der Waals surface area contributed by atoms with E-state index in [-0.39, 0.29) is 24.9 Å². The van der Waals surface area contributed by atoms with Gasteiger partial charge in [-0.15, -0.1) is 0 Å². The van der Waals surface area contributed by atoms with E-state index in [0.717, 1.165) is 5.56 Å². The molecule has 1 aromatic carbocycles. The Labute approximate surface area is 104 Å². The van der Waals surface area contributed by atoms with Crippen LogP contribution in [0.25, 0.3) is 0 Å². The van der Waals surface area contributed by atoms with Gasteiger partial charge in [-0.1, -0.05) is 0 Å². The Bertz CT molecular complexity index is 460. The summed E-state index contributed by atoms with van der Waals surface area (Å²) in [4.78, 5) is 22.8. The molecule has 2 amide bonds. The molecule has 18 heavy (non-hydrogen) atoms. The fourth-order valence-electron chi connectivity index (χ4n) is 1.79. The molecule has 0 bridgehead atoms. The van der Waals surface area contributed by atoms with Crippen molar-refractivity contribution >= 4 is 17.5 Å². The van der Waals surface area contributed by atoms with Gasteiger partial charge >= 0.3 is 0 Å². The van der Waals surface area contributed by atoms with Crippen LogP contribution in [0.2, 0.25) is 0 Å². The Morgan fingerprint density at radius 2 is 2.22 bits per heavy atom. The van der Waals surface area contributed by atoms with E-state index < -0.39 is 11.9 Å². The molecule has 96 valence electrons. The van der Waals surface area contributed by atoms with Gasteiger partial charge in [0.2, 0.25) is 11.8 Å². The second kappa shape index (κ2) is 5.14. The van der Waals surface area contributed by atoms with Crippen LogP contribution in [0, 0.1) is 12.7 Å². The summed E-state index contributed by atoms with van der Waals surface area (Å²) in [6.07, 6.45) is 0. The SMILES string of the molecule is Cc1cc(F)cc(NC(=O)C2CNC(=O)CN2)c1. The largest absolute Gasteiger partial charge is 0.353 e. The molecule has 6 heteroatoms. The number of aryl methyl sites for hydroxylation is 1. The van der Waals surface area contributed by atoms with Crippen LogP contribution in [-0.4, -0.2) is 30.9 Å². The monoisotopic (exact) mass is 251 g/mol. The third-order valence-corrected chi connectivity index (χ3v) is 2.64. The molecule has 1 atom stereocenters. The van der Waals surface area contributed by atoms with Crippen LogP contribution < -0.4 is 16.0 Å². The van der Waals surface area contributed by atoms with Gasteiger partial charge < -0.3 is 10.6 Å². The van der Waals surface area contributed by atoms with Crippen molar-refractivity contribution in [1.29, 1.82) is 0 Å². The summed E-state index contributed by atoms with van der Waals surface area (Å²) in [7, 11) is 0. The van der Waals surface area contributed by atoms with Gasteiger partial charge in [0.25, 0.3) is 0 Å². The van der Waals surface area contributed by atoms with Crippen LogP contribution >= 0.6 is 0 Å². The maximum atomic E-state index is 13.1. The summed E-state index contributed by atoms with van der Waals surface area (Å²) < 4.78 is 13.1. The van der Waals surface area contributed by atoms with Crippen molar-refractivity contribution in [1.82, 2.24) is 10.6 Å². The molecule has 1 aliphatic heterocycles. The quantitative estimate of drug-likeness (QED) is 0.701. The van der Waals surface area contributed by atoms with Crippen LogP contribution in [0.15, 0.2) is 18.2 Å². The topological polar surface area (TPSA) is 70.2 Å². The number of benzene rings is 1. The zero-order valence-corrected chi connectivity index (χ0v) is 9.92. The Morgan fingerprint density at radius 3 is 2.83 bits per heavy atom. The van der Waals surface area contributed by atoms with Crippen LogP contribution in [0.3, 0.4) is 0 Å². The lowest BCUT2D eigenvalue weighted by atomic mass is 10.2. The molecule has 1 saturated heterocycles. The van der Waals surface area contributed by atoms with Crippen molar-refractivity contribution in [2.75, 3.05) is 18.4 Å². The number of anilines is 1. The summed E-state index contributed by atoms with van der Waals surface area (Å²) in [6.45, 7) is 2.09. The highest BCUT2D eigenvalue weighted by Gasteiger charge is 2.23. The lowest BCUT2D eigenvalue weighted by molar-refractivity contribution is -0.124. The molecule has 1 aliphatic rings. The van der Waals surface area contributed by atoms with E-state index in [1.54, 1.807) is 13.0 Å². The summed E-state index contributed by atoms with van der Waals surface area (Å²) in [5, 5.41) is 8.00. The Hall–Kier alpha value is -1.95. The molecular formula is C12H14FN3O2. The van der Waals surface area contributed by atoms with Gasteiger partial charge in [0.15, 0.2) is 0 Å². The van der Waals surface area contributed by atoms with E-state index >= 15 is 0 Å². The van der Waals surface area contributed by atoms with Gasteiger partial charge in [0, 0.05) is 12.2 Å². The van der Waals surface area contributed by atoms with Crippen LogP contribution in [-0.2, 0) is 9.59 Å². The number of carbonyl (C=O) groups is 2. The zero-order valence-electron chi connectivity index (χ0n) is 9.92. The molecule has 3 N–H and O–H groups in total. The number of halogens is 1. The molecule has 1 fully saturated rings. The number of carbonyl (C=O) groups excluding carboxylic acids is 2. The molecule has 1 heterocycles. The Morgan fingerprint density at radius 1 is 1.44 bits per heavy atom. The normalized spacial score (nSPS) is 19.2. The van der Waals surface area contributed by atoms with Crippen LogP contribution in [0.5, 0.6) is 0 Å². The fraction of sp³-hybridized carbons (Fsp3) is 0.333. The van der Waals surface area contributed by atoms with Gasteiger partial charge in [-0.25, -0.2) is 4.39 Å². The van der Waals surface area contributed by atoms with Crippen molar-refractivity contribution in [2.45, 2.75) is 13.0 Å². The van der Waals surface area contributed by atoms with Gasteiger partial charge in [-0.05, 0) is 30.7 Å². The number of hydrogen-bond acceptors (Lipinski definition) is 3. The lowest BCUT2D eigenvalue weighted by Gasteiger charge is -2.23. The average Bonchev–Trinajstić information content (AvgIpc) is 2.28. The van der Waals surface area contributed by atoms with Gasteiger partial charge in [0.1, 0.15) is 11.9 Å². The second-order valence-electron chi connectivity index (χ2n) is 4.24. The van der Waals surface area contributed by atoms with Crippen LogP contribution in [0.4, 0.5) is 10.1 Å². The van der Waals surface area contributed by atoms with E-state index in [0.29, 0.717) is 5.69 Å². The number of amides is 2. The minimum Gasteiger partial charge on any atom is -0.353 e. The fourth-order valence-corrected chi connectivity index (χ4v) is 1.79. The van der Waals surface area contributed by atoms with Gasteiger partial charge in [0.05, 0.1) is 6.54 Å². The van der Waals surface area contributed by atoms with Crippen molar-refractivity contribution in [3.8, 4) is 0 Å². The molecule has 0 saturated carbocycles. The van der Waals surface area contributed by atoms with Gasteiger partial charge in [-0.2, -0.15) is 0 Å². The highest BCUT2D eigenvalue weighted by Crippen LogP contribution is 2.13. The average molecular weight is 251 g/mol. The first-order valence-electron chi connectivity index (χ1n) is 5.63. The molecule has 2 rings (SSSR count). The van der Waals surface area contributed by atoms with E-state index in [1.165, 1.54) is 12.1 Å². The Balaban J connectivity index is 2.00. The first-order valence-corrected chi connectivity index (χ1v) is 5.63. The number of piperazine rings is 1. The Kier molecular flexibility index (Phi) is 3.57. The minimum absolute atomic E-state index is 0.111.